The zero-order chi connectivity index (χ0) is 16.0. The van der Waals surface area contributed by atoms with Crippen molar-refractivity contribution in [2.45, 2.75) is 33.1 Å². The van der Waals surface area contributed by atoms with Gasteiger partial charge in [0, 0.05) is 18.5 Å². The van der Waals surface area contributed by atoms with Gasteiger partial charge in [0.05, 0.1) is 10.9 Å². The van der Waals surface area contributed by atoms with Crippen LogP contribution < -0.4 is 16.3 Å². The Morgan fingerprint density at radius 3 is 2.36 bits per heavy atom. The fraction of sp³-hybridized carbons (Fsp3) is 0.333. The number of aryl methyl sites for hydroxylation is 2. The summed E-state index contributed by atoms with van der Waals surface area (Å²) >= 11 is 0. The first kappa shape index (κ1) is 14.2. The van der Waals surface area contributed by atoms with Crippen LogP contribution in [0.25, 0.3) is 10.9 Å². The van der Waals surface area contributed by atoms with Crippen molar-refractivity contribution in [3.05, 3.63) is 33.9 Å². The molecule has 1 aromatic heterocycles. The van der Waals surface area contributed by atoms with Crippen molar-refractivity contribution in [2.24, 2.45) is 0 Å². The highest BCUT2D eigenvalue weighted by molar-refractivity contribution is 6.10. The molecule has 7 heteroatoms. The number of nitrogen functional groups attached to an aromatic ring is 1. The summed E-state index contributed by atoms with van der Waals surface area (Å²) in [5.74, 6) is -0.474. The van der Waals surface area contributed by atoms with E-state index in [2.05, 4.69) is 4.98 Å². The van der Waals surface area contributed by atoms with E-state index in [-0.39, 0.29) is 24.7 Å². The standard InChI is InChI=1S/C15H16N4O3/c1-8-10(16)6-7-11-14(8)15(22)18(9(2)17-11)19-12(20)4-3-5-13(19)21/h6-7H,3-5,16H2,1-2H3. The number of hydrogen-bond acceptors (Lipinski definition) is 5. The maximum atomic E-state index is 12.8. The molecule has 1 saturated heterocycles. The Labute approximate surface area is 126 Å². The highest BCUT2D eigenvalue weighted by Gasteiger charge is 2.30. The molecule has 2 N–H and O–H groups in total. The van der Waals surface area contributed by atoms with Crippen molar-refractivity contribution in [1.82, 2.24) is 9.66 Å². The summed E-state index contributed by atoms with van der Waals surface area (Å²) in [6.07, 6.45) is 0.992. The Balaban J connectivity index is 2.35. The summed E-state index contributed by atoms with van der Waals surface area (Å²) in [4.78, 5) is 41.4. The van der Waals surface area contributed by atoms with Gasteiger partial charge >= 0.3 is 0 Å². The minimum absolute atomic E-state index is 0.242. The summed E-state index contributed by atoms with van der Waals surface area (Å²) in [5.41, 5.74) is 6.97. The second-order valence-corrected chi connectivity index (χ2v) is 5.40. The molecule has 0 radical (unpaired) electrons. The number of aromatic nitrogens is 2. The van der Waals surface area contributed by atoms with Crippen LogP contribution in [0.1, 0.15) is 30.7 Å². The highest BCUT2D eigenvalue weighted by Crippen LogP contribution is 2.20. The summed E-state index contributed by atoms with van der Waals surface area (Å²) in [5, 5.41) is 1.24. The molecule has 0 spiro atoms. The number of amides is 2. The maximum absolute atomic E-state index is 12.8. The SMILES string of the molecule is Cc1c(N)ccc2nc(C)n(N3C(=O)CCCC3=O)c(=O)c12. The molecule has 1 aliphatic heterocycles. The van der Waals surface area contributed by atoms with Crippen LogP contribution in [0.15, 0.2) is 16.9 Å². The van der Waals surface area contributed by atoms with Crippen molar-refractivity contribution in [1.29, 1.82) is 0 Å². The van der Waals surface area contributed by atoms with Crippen molar-refractivity contribution >= 4 is 28.4 Å². The monoisotopic (exact) mass is 300 g/mol. The van der Waals surface area contributed by atoms with E-state index in [4.69, 9.17) is 5.73 Å². The number of carbonyl (C=O) groups excluding carboxylic acids is 2. The summed E-state index contributed by atoms with van der Waals surface area (Å²) in [6, 6.07) is 3.35. The molecular formula is C15H16N4O3. The summed E-state index contributed by atoms with van der Waals surface area (Å²) in [7, 11) is 0. The Morgan fingerprint density at radius 1 is 1.09 bits per heavy atom. The number of carbonyl (C=O) groups is 2. The van der Waals surface area contributed by atoms with E-state index < -0.39 is 5.56 Å². The number of piperidine rings is 1. The Bertz CT molecular complexity index is 853. The van der Waals surface area contributed by atoms with E-state index in [0.717, 1.165) is 9.69 Å². The number of anilines is 1. The van der Waals surface area contributed by atoms with Crippen LogP contribution in [0.5, 0.6) is 0 Å². The van der Waals surface area contributed by atoms with E-state index in [1.807, 2.05) is 0 Å². The van der Waals surface area contributed by atoms with Gasteiger partial charge in [-0.1, -0.05) is 0 Å². The fourth-order valence-corrected chi connectivity index (χ4v) is 2.75. The summed E-state index contributed by atoms with van der Waals surface area (Å²) < 4.78 is 1.07. The first-order chi connectivity index (χ1) is 10.4. The largest absolute Gasteiger partial charge is 0.398 e. The lowest BCUT2D eigenvalue weighted by Crippen LogP contribution is -2.53. The molecule has 1 aromatic carbocycles. The topological polar surface area (TPSA) is 98.3 Å². The minimum Gasteiger partial charge on any atom is -0.398 e. The molecule has 3 rings (SSSR count). The Kier molecular flexibility index (Phi) is 3.20. The second kappa shape index (κ2) is 4.94. The van der Waals surface area contributed by atoms with Crippen molar-refractivity contribution in [3.8, 4) is 0 Å². The molecule has 2 amide bonds. The van der Waals surface area contributed by atoms with Crippen LogP contribution in [-0.4, -0.2) is 21.5 Å². The molecule has 114 valence electrons. The highest BCUT2D eigenvalue weighted by atomic mass is 16.2. The van der Waals surface area contributed by atoms with Gasteiger partial charge in [0.25, 0.3) is 5.56 Å². The lowest BCUT2D eigenvalue weighted by atomic mass is 10.1. The van der Waals surface area contributed by atoms with Crippen LogP contribution in [0.3, 0.4) is 0 Å². The zero-order valence-electron chi connectivity index (χ0n) is 12.4. The van der Waals surface area contributed by atoms with Gasteiger partial charge in [-0.05, 0) is 38.0 Å². The molecular weight excluding hydrogens is 284 g/mol. The van der Waals surface area contributed by atoms with E-state index in [9.17, 15) is 14.4 Å². The number of benzene rings is 1. The van der Waals surface area contributed by atoms with Gasteiger partial charge in [-0.2, -0.15) is 9.69 Å². The number of imide groups is 1. The smallest absolute Gasteiger partial charge is 0.281 e. The number of nitrogens with two attached hydrogens (primary N) is 1. The average molecular weight is 300 g/mol. The minimum atomic E-state index is -0.448. The molecule has 2 aromatic rings. The lowest BCUT2D eigenvalue weighted by molar-refractivity contribution is -0.131. The number of fused-ring (bicyclic) bond motifs is 1. The van der Waals surface area contributed by atoms with Gasteiger partial charge in [-0.25, -0.2) is 4.98 Å². The molecule has 7 nitrogen and oxygen atoms in total. The third-order valence-electron chi connectivity index (χ3n) is 3.93. The van der Waals surface area contributed by atoms with Gasteiger partial charge in [0.1, 0.15) is 5.82 Å². The quantitative estimate of drug-likeness (QED) is 0.619. The molecule has 0 unspecified atom stereocenters. The van der Waals surface area contributed by atoms with Gasteiger partial charge < -0.3 is 5.73 Å². The number of nitrogens with zero attached hydrogens (tertiary/aromatic N) is 3. The molecule has 2 heterocycles. The van der Waals surface area contributed by atoms with E-state index in [1.54, 1.807) is 26.0 Å². The zero-order valence-corrected chi connectivity index (χ0v) is 12.4. The van der Waals surface area contributed by atoms with Crippen LogP contribution in [0.2, 0.25) is 0 Å². The first-order valence-corrected chi connectivity index (χ1v) is 7.06. The molecule has 22 heavy (non-hydrogen) atoms. The molecule has 0 atom stereocenters. The van der Waals surface area contributed by atoms with E-state index in [0.29, 0.717) is 34.4 Å². The number of hydrogen-bond donors (Lipinski definition) is 1. The van der Waals surface area contributed by atoms with Crippen LogP contribution in [0, 0.1) is 13.8 Å². The van der Waals surface area contributed by atoms with Crippen molar-refractivity contribution in [2.75, 3.05) is 10.7 Å². The fourth-order valence-electron chi connectivity index (χ4n) is 2.75. The van der Waals surface area contributed by atoms with E-state index >= 15 is 0 Å². The summed E-state index contributed by atoms with van der Waals surface area (Å²) in [6.45, 7) is 3.32. The second-order valence-electron chi connectivity index (χ2n) is 5.40. The first-order valence-electron chi connectivity index (χ1n) is 7.06. The molecule has 0 aliphatic carbocycles. The number of rotatable bonds is 1. The van der Waals surface area contributed by atoms with E-state index in [1.165, 1.54) is 0 Å². The lowest BCUT2D eigenvalue weighted by Gasteiger charge is -2.27. The predicted molar refractivity (Wildman–Crippen MR) is 82.0 cm³/mol. The van der Waals surface area contributed by atoms with Gasteiger partial charge in [0.2, 0.25) is 11.8 Å². The van der Waals surface area contributed by atoms with Crippen LogP contribution in [0.4, 0.5) is 5.69 Å². The van der Waals surface area contributed by atoms with Crippen LogP contribution >= 0.6 is 0 Å². The molecule has 0 bridgehead atoms. The molecule has 1 aliphatic rings. The molecule has 1 fully saturated rings. The van der Waals surface area contributed by atoms with Crippen molar-refractivity contribution < 1.29 is 9.59 Å². The van der Waals surface area contributed by atoms with Gasteiger partial charge in [-0.15, -0.1) is 0 Å². The van der Waals surface area contributed by atoms with Gasteiger partial charge in [-0.3, -0.25) is 14.4 Å². The van der Waals surface area contributed by atoms with Crippen molar-refractivity contribution in [3.63, 3.8) is 0 Å². The Hall–Kier alpha value is -2.70. The van der Waals surface area contributed by atoms with Gasteiger partial charge in [0.15, 0.2) is 0 Å². The normalized spacial score (nSPS) is 15.6. The predicted octanol–water partition coefficient (Wildman–Crippen LogP) is 0.771. The maximum Gasteiger partial charge on any atom is 0.281 e. The molecule has 0 saturated carbocycles. The Morgan fingerprint density at radius 2 is 1.73 bits per heavy atom. The third kappa shape index (κ3) is 1.97. The third-order valence-corrected chi connectivity index (χ3v) is 3.93. The van der Waals surface area contributed by atoms with Crippen LogP contribution in [-0.2, 0) is 9.59 Å². The average Bonchev–Trinajstić information content (AvgIpc) is 2.45.